The number of hydrogen-bond donors (Lipinski definition) is 0. The highest BCUT2D eigenvalue weighted by Gasteiger charge is 2.15. The first-order valence-electron chi connectivity index (χ1n) is 9.07. The predicted molar refractivity (Wildman–Crippen MR) is 110 cm³/mol. The lowest BCUT2D eigenvalue weighted by Gasteiger charge is -2.09. The molecule has 142 valence electrons. The normalized spacial score (nSPS) is 11.2. The van der Waals surface area contributed by atoms with Crippen LogP contribution >= 0.6 is 11.8 Å². The van der Waals surface area contributed by atoms with E-state index in [1.54, 1.807) is 30.2 Å². The average Bonchev–Trinajstić information content (AvgIpc) is 3.11. The smallest absolute Gasteiger partial charge is 0.336 e. The maximum absolute atomic E-state index is 12.0. The molecule has 0 saturated carbocycles. The molecule has 4 aromatic rings. The number of thioether (sulfide) groups is 1. The summed E-state index contributed by atoms with van der Waals surface area (Å²) in [4.78, 5) is 16.1. The van der Waals surface area contributed by atoms with Gasteiger partial charge in [-0.2, -0.15) is 0 Å². The Balaban J connectivity index is 1.68. The van der Waals surface area contributed by atoms with Crippen LogP contribution in [0.15, 0.2) is 57.1 Å². The summed E-state index contributed by atoms with van der Waals surface area (Å²) >= 11 is 1.57. The molecule has 0 aliphatic heterocycles. The van der Waals surface area contributed by atoms with Gasteiger partial charge in [-0.15, -0.1) is 10.2 Å². The molecule has 0 radical (unpaired) electrons. The van der Waals surface area contributed by atoms with Crippen molar-refractivity contribution in [1.82, 2.24) is 19.7 Å². The number of hydrogen-bond acceptors (Lipinski definition) is 6. The second-order valence-corrected chi connectivity index (χ2v) is 7.54. The van der Waals surface area contributed by atoms with E-state index in [9.17, 15) is 4.79 Å². The van der Waals surface area contributed by atoms with Crippen LogP contribution in [0, 0.1) is 13.8 Å². The molecule has 0 saturated heterocycles. The molecule has 0 aliphatic rings. The zero-order chi connectivity index (χ0) is 19.7. The zero-order valence-electron chi connectivity index (χ0n) is 16.0. The topological polar surface area (TPSA) is 73.8 Å². The molecule has 3 heterocycles. The summed E-state index contributed by atoms with van der Waals surface area (Å²) in [5.74, 6) is 1.43. The lowest BCUT2D eigenvalue weighted by atomic mass is 10.0. The molecule has 0 aliphatic carbocycles. The van der Waals surface area contributed by atoms with E-state index in [4.69, 9.17) is 4.42 Å². The van der Waals surface area contributed by atoms with E-state index in [1.807, 2.05) is 25.1 Å². The van der Waals surface area contributed by atoms with E-state index in [0.717, 1.165) is 39.6 Å². The summed E-state index contributed by atoms with van der Waals surface area (Å²) in [7, 11) is 0. The summed E-state index contributed by atoms with van der Waals surface area (Å²) in [5.41, 5.74) is 4.49. The van der Waals surface area contributed by atoms with Crippen LogP contribution in [-0.4, -0.2) is 19.7 Å². The number of pyridine rings is 1. The highest BCUT2D eigenvalue weighted by Crippen LogP contribution is 2.29. The van der Waals surface area contributed by atoms with Crippen molar-refractivity contribution in [2.24, 2.45) is 0 Å². The molecule has 0 amide bonds. The second kappa shape index (κ2) is 7.59. The maximum Gasteiger partial charge on any atom is 0.336 e. The van der Waals surface area contributed by atoms with Crippen molar-refractivity contribution in [2.75, 3.05) is 0 Å². The molecule has 0 spiro atoms. The van der Waals surface area contributed by atoms with Crippen molar-refractivity contribution in [3.05, 3.63) is 69.8 Å². The molecule has 7 heteroatoms. The summed E-state index contributed by atoms with van der Waals surface area (Å²) in [6.07, 6.45) is 3.49. The van der Waals surface area contributed by atoms with Gasteiger partial charge in [0.05, 0.1) is 0 Å². The fourth-order valence-corrected chi connectivity index (χ4v) is 4.13. The summed E-state index contributed by atoms with van der Waals surface area (Å²) in [6, 6.07) is 9.42. The first-order valence-corrected chi connectivity index (χ1v) is 10.1. The Labute approximate surface area is 166 Å². The van der Waals surface area contributed by atoms with Crippen LogP contribution in [0.5, 0.6) is 0 Å². The highest BCUT2D eigenvalue weighted by atomic mass is 32.2. The Morgan fingerprint density at radius 3 is 2.57 bits per heavy atom. The molecule has 0 fully saturated rings. The molecule has 4 rings (SSSR count). The number of benzene rings is 1. The maximum atomic E-state index is 12.0. The average molecular weight is 392 g/mol. The molecule has 0 unspecified atom stereocenters. The van der Waals surface area contributed by atoms with Crippen LogP contribution in [0.1, 0.15) is 23.6 Å². The molecule has 0 atom stereocenters. The van der Waals surface area contributed by atoms with E-state index in [0.29, 0.717) is 11.3 Å². The minimum atomic E-state index is -0.333. The third kappa shape index (κ3) is 3.45. The van der Waals surface area contributed by atoms with Gasteiger partial charge in [0.1, 0.15) is 5.58 Å². The van der Waals surface area contributed by atoms with Gasteiger partial charge in [-0.1, -0.05) is 11.8 Å². The third-order valence-corrected chi connectivity index (χ3v) is 5.79. The monoisotopic (exact) mass is 392 g/mol. The Morgan fingerprint density at radius 1 is 1.07 bits per heavy atom. The fourth-order valence-electron chi connectivity index (χ4n) is 3.14. The molecule has 0 N–H and O–H groups in total. The van der Waals surface area contributed by atoms with Crippen molar-refractivity contribution in [2.45, 2.75) is 38.2 Å². The van der Waals surface area contributed by atoms with E-state index < -0.39 is 0 Å². The number of aryl methyl sites for hydroxylation is 2. The van der Waals surface area contributed by atoms with Gasteiger partial charge in [-0.25, -0.2) is 4.79 Å². The largest absolute Gasteiger partial charge is 0.423 e. The predicted octanol–water partition coefficient (Wildman–Crippen LogP) is 4.38. The van der Waals surface area contributed by atoms with Crippen molar-refractivity contribution in [1.29, 1.82) is 0 Å². The Hall–Kier alpha value is -2.93. The van der Waals surface area contributed by atoms with Crippen LogP contribution in [0.3, 0.4) is 0 Å². The van der Waals surface area contributed by atoms with Gasteiger partial charge in [-0.05, 0) is 61.7 Å². The molecule has 28 heavy (non-hydrogen) atoms. The summed E-state index contributed by atoms with van der Waals surface area (Å²) < 4.78 is 7.47. The van der Waals surface area contributed by atoms with Gasteiger partial charge in [0.15, 0.2) is 11.0 Å². The Morgan fingerprint density at radius 2 is 1.82 bits per heavy atom. The molecule has 1 aromatic carbocycles. The molecular weight excluding hydrogens is 372 g/mol. The van der Waals surface area contributed by atoms with Crippen LogP contribution in [0.4, 0.5) is 0 Å². The molecule has 3 aromatic heterocycles. The third-order valence-electron chi connectivity index (χ3n) is 4.77. The van der Waals surface area contributed by atoms with Gasteiger partial charge < -0.3 is 8.98 Å². The minimum absolute atomic E-state index is 0.333. The lowest BCUT2D eigenvalue weighted by Crippen LogP contribution is -2.02. The summed E-state index contributed by atoms with van der Waals surface area (Å²) in [5, 5.41) is 10.5. The summed E-state index contributed by atoms with van der Waals surface area (Å²) in [6.45, 7) is 6.89. The van der Waals surface area contributed by atoms with Crippen molar-refractivity contribution >= 4 is 22.7 Å². The van der Waals surface area contributed by atoms with Crippen LogP contribution in [0.25, 0.3) is 22.4 Å². The first-order chi connectivity index (χ1) is 13.6. The standard InChI is InChI=1S/C21H20N4O2S/c1-4-25-20(15-5-7-22-8-6-15)23-24-21(25)28-12-16-11-19(26)27-18-10-14(3)13(2)9-17(16)18/h5-11H,4,12H2,1-3H3. The molecular formula is C21H20N4O2S. The van der Waals surface area contributed by atoms with E-state index in [-0.39, 0.29) is 5.63 Å². The fraction of sp³-hybridized carbons (Fsp3) is 0.238. The number of aromatic nitrogens is 4. The quantitative estimate of drug-likeness (QED) is 0.371. The van der Waals surface area contributed by atoms with E-state index >= 15 is 0 Å². The second-order valence-electron chi connectivity index (χ2n) is 6.60. The van der Waals surface area contributed by atoms with Gasteiger partial charge in [0.25, 0.3) is 0 Å². The number of rotatable bonds is 5. The lowest BCUT2D eigenvalue weighted by molar-refractivity contribution is 0.559. The SMILES string of the molecule is CCn1c(SCc2cc(=O)oc3cc(C)c(C)cc23)nnc1-c1ccncc1. The highest BCUT2D eigenvalue weighted by molar-refractivity contribution is 7.98. The molecule has 6 nitrogen and oxygen atoms in total. The van der Waals surface area contributed by atoms with Crippen molar-refractivity contribution < 1.29 is 4.42 Å². The van der Waals surface area contributed by atoms with Crippen LogP contribution < -0.4 is 5.63 Å². The Bertz CT molecular complexity index is 1200. The van der Waals surface area contributed by atoms with Gasteiger partial charge >= 0.3 is 5.63 Å². The van der Waals surface area contributed by atoms with Crippen molar-refractivity contribution in [3.8, 4) is 11.4 Å². The van der Waals surface area contributed by atoms with Crippen LogP contribution in [0.2, 0.25) is 0 Å². The first kappa shape index (κ1) is 18.4. The number of fused-ring (bicyclic) bond motifs is 1. The van der Waals surface area contributed by atoms with Gasteiger partial charge in [0.2, 0.25) is 0 Å². The minimum Gasteiger partial charge on any atom is -0.423 e. The van der Waals surface area contributed by atoms with Crippen molar-refractivity contribution in [3.63, 3.8) is 0 Å². The molecule has 0 bridgehead atoms. The van der Waals surface area contributed by atoms with Gasteiger partial charge in [0, 0.05) is 41.7 Å². The van der Waals surface area contributed by atoms with E-state index in [1.165, 1.54) is 5.56 Å². The van der Waals surface area contributed by atoms with Crippen LogP contribution in [-0.2, 0) is 12.3 Å². The van der Waals surface area contributed by atoms with E-state index in [2.05, 4.69) is 39.7 Å². The Kier molecular flexibility index (Phi) is 5.00. The number of nitrogens with zero attached hydrogens (tertiary/aromatic N) is 4. The zero-order valence-corrected chi connectivity index (χ0v) is 16.8. The van der Waals surface area contributed by atoms with Gasteiger partial charge in [-0.3, -0.25) is 4.98 Å².